The fourth-order valence-corrected chi connectivity index (χ4v) is 4.42. The summed E-state index contributed by atoms with van der Waals surface area (Å²) in [7, 11) is 0. The summed E-state index contributed by atoms with van der Waals surface area (Å²) < 4.78 is 1.67. The molecular formula is C17H15N3OS. The van der Waals surface area contributed by atoms with Crippen molar-refractivity contribution in [1.82, 2.24) is 9.55 Å². The summed E-state index contributed by atoms with van der Waals surface area (Å²) in [6.45, 7) is 4.64. The second kappa shape index (κ2) is 4.47. The zero-order valence-corrected chi connectivity index (χ0v) is 13.3. The van der Waals surface area contributed by atoms with Crippen LogP contribution in [0.2, 0.25) is 0 Å². The number of aromatic nitrogens is 2. The number of benzene rings is 1. The average molecular weight is 309 g/mol. The van der Waals surface area contributed by atoms with Crippen molar-refractivity contribution >= 4 is 11.8 Å². The van der Waals surface area contributed by atoms with Gasteiger partial charge in [0.1, 0.15) is 5.25 Å². The van der Waals surface area contributed by atoms with Gasteiger partial charge >= 0.3 is 0 Å². The van der Waals surface area contributed by atoms with Gasteiger partial charge in [-0.15, -0.1) is 0 Å². The molecule has 0 amide bonds. The Kier molecular flexibility index (Phi) is 2.76. The van der Waals surface area contributed by atoms with Crippen LogP contribution in [0, 0.1) is 11.3 Å². The maximum Gasteiger partial charge on any atom is 0.258 e. The van der Waals surface area contributed by atoms with Crippen molar-refractivity contribution in [3.05, 3.63) is 45.7 Å². The molecule has 2 aromatic rings. The van der Waals surface area contributed by atoms with Crippen LogP contribution in [0.4, 0.5) is 0 Å². The van der Waals surface area contributed by atoms with Crippen LogP contribution < -0.4 is 5.56 Å². The molecule has 1 aromatic heterocycles. The van der Waals surface area contributed by atoms with Crippen LogP contribution in [0.5, 0.6) is 0 Å². The molecule has 4 rings (SSSR count). The molecule has 2 heterocycles. The van der Waals surface area contributed by atoms with Crippen molar-refractivity contribution in [2.75, 3.05) is 0 Å². The van der Waals surface area contributed by atoms with Crippen molar-refractivity contribution in [3.8, 4) is 17.3 Å². The van der Waals surface area contributed by atoms with Gasteiger partial charge in [-0.2, -0.15) is 5.26 Å². The molecule has 110 valence electrons. The zero-order valence-electron chi connectivity index (χ0n) is 12.5. The van der Waals surface area contributed by atoms with Crippen LogP contribution in [0.3, 0.4) is 0 Å². The Morgan fingerprint density at radius 2 is 2.18 bits per heavy atom. The molecule has 0 bridgehead atoms. The third-order valence-corrected chi connectivity index (χ3v) is 5.52. The van der Waals surface area contributed by atoms with Gasteiger partial charge in [-0.25, -0.2) is 4.98 Å². The van der Waals surface area contributed by atoms with Gasteiger partial charge in [-0.1, -0.05) is 49.9 Å². The molecular weight excluding hydrogens is 294 g/mol. The van der Waals surface area contributed by atoms with Gasteiger partial charge in [-0.3, -0.25) is 9.36 Å². The number of hydrogen-bond donors (Lipinski definition) is 0. The third kappa shape index (κ3) is 1.77. The minimum Gasteiger partial charge on any atom is -0.285 e. The molecule has 1 aliphatic heterocycles. The van der Waals surface area contributed by atoms with E-state index in [2.05, 4.69) is 26.0 Å². The Bertz CT molecular complexity index is 892. The predicted octanol–water partition coefficient (Wildman–Crippen LogP) is 2.74. The largest absolute Gasteiger partial charge is 0.285 e. The molecule has 0 fully saturated rings. The Morgan fingerprint density at radius 1 is 1.41 bits per heavy atom. The molecule has 1 atom stereocenters. The van der Waals surface area contributed by atoms with Gasteiger partial charge in [0.25, 0.3) is 5.56 Å². The molecule has 1 aliphatic carbocycles. The number of nitrogens with zero attached hydrogens (tertiary/aromatic N) is 3. The van der Waals surface area contributed by atoms with Gasteiger partial charge in [0.15, 0.2) is 5.16 Å². The standard InChI is InChI=1S/C17H15N3OS/c1-17(2)7-10-5-3-4-6-12(10)14-13(17)15(21)20-9-11(8-18)22-16(20)19-14/h3-6,11H,7,9H2,1-2H3/t11-/m0/s1. The lowest BCUT2D eigenvalue weighted by Crippen LogP contribution is -2.37. The molecule has 22 heavy (non-hydrogen) atoms. The van der Waals surface area contributed by atoms with Crippen LogP contribution >= 0.6 is 11.8 Å². The second-order valence-corrected chi connectivity index (χ2v) is 7.66. The van der Waals surface area contributed by atoms with E-state index in [1.165, 1.54) is 17.3 Å². The molecule has 0 spiro atoms. The lowest BCUT2D eigenvalue weighted by atomic mass is 9.72. The lowest BCUT2D eigenvalue weighted by Gasteiger charge is -2.32. The van der Waals surface area contributed by atoms with Crippen LogP contribution in [0.15, 0.2) is 34.2 Å². The number of hydrogen-bond acceptors (Lipinski definition) is 4. The average Bonchev–Trinajstić information content (AvgIpc) is 2.90. The lowest BCUT2D eigenvalue weighted by molar-refractivity contribution is 0.489. The molecule has 5 heteroatoms. The van der Waals surface area contributed by atoms with E-state index in [1.54, 1.807) is 4.57 Å². The molecule has 2 aliphatic rings. The zero-order chi connectivity index (χ0) is 15.5. The van der Waals surface area contributed by atoms with Crippen LogP contribution in [0.25, 0.3) is 11.3 Å². The number of thioether (sulfide) groups is 1. The van der Waals surface area contributed by atoms with Gasteiger partial charge in [0.05, 0.1) is 18.3 Å². The van der Waals surface area contributed by atoms with Gasteiger partial charge in [0, 0.05) is 16.5 Å². The molecule has 0 saturated heterocycles. The highest BCUT2D eigenvalue weighted by Crippen LogP contribution is 2.42. The number of fused-ring (bicyclic) bond motifs is 4. The van der Waals surface area contributed by atoms with Crippen molar-refractivity contribution < 1.29 is 0 Å². The first-order valence-corrected chi connectivity index (χ1v) is 8.19. The first kappa shape index (κ1) is 13.6. The van der Waals surface area contributed by atoms with E-state index in [-0.39, 0.29) is 16.2 Å². The number of rotatable bonds is 0. The highest BCUT2D eigenvalue weighted by molar-refractivity contribution is 8.00. The molecule has 0 radical (unpaired) electrons. The Labute approximate surface area is 132 Å². The number of nitriles is 1. The van der Waals surface area contributed by atoms with E-state index < -0.39 is 0 Å². The summed E-state index contributed by atoms with van der Waals surface area (Å²) in [6.07, 6.45) is 0.835. The maximum absolute atomic E-state index is 13.0. The monoisotopic (exact) mass is 309 g/mol. The molecule has 4 nitrogen and oxygen atoms in total. The van der Waals surface area contributed by atoms with Crippen molar-refractivity contribution in [3.63, 3.8) is 0 Å². The first-order chi connectivity index (χ1) is 10.5. The van der Waals surface area contributed by atoms with Crippen molar-refractivity contribution in [1.29, 1.82) is 5.26 Å². The van der Waals surface area contributed by atoms with E-state index in [9.17, 15) is 4.79 Å². The minimum atomic E-state index is -0.245. The van der Waals surface area contributed by atoms with E-state index in [0.29, 0.717) is 11.7 Å². The van der Waals surface area contributed by atoms with Gasteiger partial charge in [0.2, 0.25) is 0 Å². The topological polar surface area (TPSA) is 58.7 Å². The van der Waals surface area contributed by atoms with E-state index in [1.807, 2.05) is 18.2 Å². The third-order valence-electron chi connectivity index (χ3n) is 4.46. The normalized spacial score (nSPS) is 20.7. The van der Waals surface area contributed by atoms with Crippen LogP contribution in [0.1, 0.15) is 25.0 Å². The Morgan fingerprint density at radius 3 is 2.95 bits per heavy atom. The predicted molar refractivity (Wildman–Crippen MR) is 85.9 cm³/mol. The summed E-state index contributed by atoms with van der Waals surface area (Å²) >= 11 is 1.39. The summed E-state index contributed by atoms with van der Waals surface area (Å²) in [5, 5.41) is 9.59. The molecule has 0 N–H and O–H groups in total. The van der Waals surface area contributed by atoms with E-state index in [0.717, 1.165) is 23.2 Å². The SMILES string of the molecule is CC1(C)Cc2ccccc2-c2nc3n(c(=O)c21)C[C@H](C#N)S3. The van der Waals surface area contributed by atoms with Crippen LogP contribution in [-0.4, -0.2) is 14.8 Å². The van der Waals surface area contributed by atoms with Gasteiger partial charge < -0.3 is 0 Å². The van der Waals surface area contributed by atoms with Crippen LogP contribution in [-0.2, 0) is 18.4 Å². The smallest absolute Gasteiger partial charge is 0.258 e. The summed E-state index contributed by atoms with van der Waals surface area (Å²) in [5.41, 5.74) is 3.65. The highest BCUT2D eigenvalue weighted by atomic mass is 32.2. The summed E-state index contributed by atoms with van der Waals surface area (Å²) in [4.78, 5) is 17.8. The molecule has 0 saturated carbocycles. The summed E-state index contributed by atoms with van der Waals surface area (Å²) in [5.74, 6) is 0. The first-order valence-electron chi connectivity index (χ1n) is 7.31. The fourth-order valence-electron chi connectivity index (χ4n) is 3.46. The van der Waals surface area contributed by atoms with Crippen molar-refractivity contribution in [2.24, 2.45) is 0 Å². The fraction of sp³-hybridized carbons (Fsp3) is 0.353. The van der Waals surface area contributed by atoms with E-state index in [4.69, 9.17) is 10.2 Å². The Balaban J connectivity index is 2.05. The van der Waals surface area contributed by atoms with Crippen molar-refractivity contribution in [2.45, 2.75) is 42.6 Å². The highest BCUT2D eigenvalue weighted by Gasteiger charge is 2.37. The molecule has 0 unspecified atom stereocenters. The Hall–Kier alpha value is -2.06. The summed E-state index contributed by atoms with van der Waals surface area (Å²) in [6, 6.07) is 10.4. The van der Waals surface area contributed by atoms with Gasteiger partial charge in [-0.05, 0) is 12.0 Å². The van der Waals surface area contributed by atoms with E-state index >= 15 is 0 Å². The minimum absolute atomic E-state index is 0.0183. The quantitative estimate of drug-likeness (QED) is 0.702. The molecule has 1 aromatic carbocycles. The second-order valence-electron chi connectivity index (χ2n) is 6.49. The maximum atomic E-state index is 13.0.